The van der Waals surface area contributed by atoms with Gasteiger partial charge in [-0.05, 0) is 36.8 Å². The van der Waals surface area contributed by atoms with Crippen molar-refractivity contribution in [3.05, 3.63) is 52.5 Å². The summed E-state index contributed by atoms with van der Waals surface area (Å²) in [5, 5.41) is 9.52. The zero-order chi connectivity index (χ0) is 13.1. The molecule has 0 unspecified atom stereocenters. The highest BCUT2D eigenvalue weighted by Crippen LogP contribution is 2.31. The molecule has 0 saturated carbocycles. The quantitative estimate of drug-likeness (QED) is 0.831. The lowest BCUT2D eigenvalue weighted by molar-refractivity contribution is 0.483. The van der Waals surface area contributed by atoms with E-state index in [4.69, 9.17) is 27.3 Å². The van der Waals surface area contributed by atoms with Crippen LogP contribution < -0.4 is 10.5 Å². The van der Waals surface area contributed by atoms with E-state index in [0.717, 1.165) is 5.56 Å². The van der Waals surface area contributed by atoms with Gasteiger partial charge in [-0.25, -0.2) is 0 Å². The Morgan fingerprint density at radius 1 is 1.17 bits per heavy atom. The Morgan fingerprint density at radius 3 is 2.67 bits per heavy atom. The molecule has 0 aliphatic carbocycles. The number of rotatable bonds is 2. The van der Waals surface area contributed by atoms with Crippen molar-refractivity contribution in [3.63, 3.8) is 0 Å². The second-order valence-corrected chi connectivity index (χ2v) is 4.33. The number of nitrogens with two attached hydrogens (primary N) is 1. The third-order valence-electron chi connectivity index (χ3n) is 2.45. The maximum atomic E-state index is 9.01. The van der Waals surface area contributed by atoms with Crippen LogP contribution in [0.25, 0.3) is 0 Å². The average Bonchev–Trinajstić information content (AvgIpc) is 2.34. The van der Waals surface area contributed by atoms with Gasteiger partial charge in [-0.3, -0.25) is 0 Å². The SMILES string of the molecule is Cc1ccc(N)c(Oc2cc(Cl)ccc2C#N)c1. The minimum atomic E-state index is 0.405. The van der Waals surface area contributed by atoms with E-state index in [0.29, 0.717) is 27.8 Å². The predicted octanol–water partition coefficient (Wildman–Crippen LogP) is 3.89. The minimum Gasteiger partial charge on any atom is -0.454 e. The van der Waals surface area contributed by atoms with Gasteiger partial charge in [-0.1, -0.05) is 17.7 Å². The highest BCUT2D eigenvalue weighted by atomic mass is 35.5. The van der Waals surface area contributed by atoms with E-state index in [1.54, 1.807) is 24.3 Å². The summed E-state index contributed by atoms with van der Waals surface area (Å²) in [4.78, 5) is 0. The maximum Gasteiger partial charge on any atom is 0.150 e. The van der Waals surface area contributed by atoms with Gasteiger partial charge in [0.2, 0.25) is 0 Å². The van der Waals surface area contributed by atoms with Gasteiger partial charge in [0, 0.05) is 11.1 Å². The van der Waals surface area contributed by atoms with Gasteiger partial charge in [0.1, 0.15) is 11.8 Å². The van der Waals surface area contributed by atoms with Crippen LogP contribution >= 0.6 is 11.6 Å². The van der Waals surface area contributed by atoms with Gasteiger partial charge in [-0.2, -0.15) is 5.26 Å². The Hall–Kier alpha value is -2.18. The van der Waals surface area contributed by atoms with Crippen molar-refractivity contribution < 1.29 is 4.74 Å². The van der Waals surface area contributed by atoms with E-state index in [9.17, 15) is 0 Å². The number of aryl methyl sites for hydroxylation is 1. The van der Waals surface area contributed by atoms with Crippen LogP contribution in [0.1, 0.15) is 11.1 Å². The molecular formula is C14H11ClN2O. The summed E-state index contributed by atoms with van der Waals surface area (Å²) in [5.41, 5.74) is 7.79. The van der Waals surface area contributed by atoms with Crippen LogP contribution in [0.3, 0.4) is 0 Å². The van der Waals surface area contributed by atoms with Gasteiger partial charge in [-0.15, -0.1) is 0 Å². The maximum absolute atomic E-state index is 9.01. The van der Waals surface area contributed by atoms with Crippen molar-refractivity contribution in [1.29, 1.82) is 5.26 Å². The number of halogens is 1. The molecule has 3 nitrogen and oxygen atoms in total. The minimum absolute atomic E-state index is 0.405. The summed E-state index contributed by atoms with van der Waals surface area (Å²) in [5.74, 6) is 0.927. The van der Waals surface area contributed by atoms with Gasteiger partial charge in [0.25, 0.3) is 0 Å². The molecule has 0 fully saturated rings. The number of nitrogen functional groups attached to an aromatic ring is 1. The van der Waals surface area contributed by atoms with Crippen molar-refractivity contribution in [2.75, 3.05) is 5.73 Å². The van der Waals surface area contributed by atoms with Crippen LogP contribution in [0.5, 0.6) is 11.5 Å². The number of nitriles is 1. The Labute approximate surface area is 110 Å². The topological polar surface area (TPSA) is 59.0 Å². The standard InChI is InChI=1S/C14H11ClN2O/c1-9-2-5-12(17)14(6-9)18-13-7-11(15)4-3-10(13)8-16/h2-7H,17H2,1H3. The van der Waals surface area contributed by atoms with Crippen molar-refractivity contribution >= 4 is 17.3 Å². The van der Waals surface area contributed by atoms with Crippen LogP contribution in [0, 0.1) is 18.3 Å². The molecule has 0 saturated heterocycles. The number of hydrogen-bond acceptors (Lipinski definition) is 3. The first-order valence-electron chi connectivity index (χ1n) is 5.34. The fourth-order valence-electron chi connectivity index (χ4n) is 1.52. The zero-order valence-corrected chi connectivity index (χ0v) is 10.5. The molecule has 0 aliphatic heterocycles. The van der Waals surface area contributed by atoms with Crippen LogP contribution in [0.2, 0.25) is 5.02 Å². The largest absolute Gasteiger partial charge is 0.454 e. The van der Waals surface area contributed by atoms with Crippen molar-refractivity contribution in [3.8, 4) is 17.6 Å². The van der Waals surface area contributed by atoms with Crippen molar-refractivity contribution in [2.45, 2.75) is 6.92 Å². The summed E-state index contributed by atoms with van der Waals surface area (Å²) in [6.45, 7) is 1.94. The molecule has 2 aromatic carbocycles. The first-order chi connectivity index (χ1) is 8.60. The molecule has 0 radical (unpaired) electrons. The highest BCUT2D eigenvalue weighted by Gasteiger charge is 2.08. The molecule has 0 atom stereocenters. The number of anilines is 1. The van der Waals surface area contributed by atoms with E-state index in [1.165, 1.54) is 0 Å². The smallest absolute Gasteiger partial charge is 0.150 e. The molecule has 18 heavy (non-hydrogen) atoms. The number of nitrogens with zero attached hydrogens (tertiary/aromatic N) is 1. The first-order valence-corrected chi connectivity index (χ1v) is 5.71. The number of benzene rings is 2. The number of hydrogen-bond donors (Lipinski definition) is 1. The molecular weight excluding hydrogens is 248 g/mol. The lowest BCUT2D eigenvalue weighted by atomic mass is 10.2. The molecule has 0 bridgehead atoms. The molecule has 0 aromatic heterocycles. The summed E-state index contributed by atoms with van der Waals surface area (Å²) >= 11 is 5.89. The summed E-state index contributed by atoms with van der Waals surface area (Å²) in [7, 11) is 0. The zero-order valence-electron chi connectivity index (χ0n) is 9.77. The third kappa shape index (κ3) is 2.55. The molecule has 2 aromatic rings. The number of ether oxygens (including phenoxy) is 1. The third-order valence-corrected chi connectivity index (χ3v) is 2.69. The fraction of sp³-hybridized carbons (Fsp3) is 0.0714. The molecule has 2 N–H and O–H groups in total. The van der Waals surface area contributed by atoms with E-state index in [1.807, 2.05) is 19.1 Å². The lowest BCUT2D eigenvalue weighted by Gasteiger charge is -2.10. The summed E-state index contributed by atoms with van der Waals surface area (Å²) in [6.07, 6.45) is 0. The summed E-state index contributed by atoms with van der Waals surface area (Å²) < 4.78 is 5.66. The van der Waals surface area contributed by atoms with Gasteiger partial charge in [0.15, 0.2) is 5.75 Å². The fourth-order valence-corrected chi connectivity index (χ4v) is 1.68. The molecule has 0 spiro atoms. The van der Waals surface area contributed by atoms with E-state index in [-0.39, 0.29) is 0 Å². The monoisotopic (exact) mass is 258 g/mol. The van der Waals surface area contributed by atoms with Crippen LogP contribution in [0.4, 0.5) is 5.69 Å². The van der Waals surface area contributed by atoms with E-state index >= 15 is 0 Å². The molecule has 0 heterocycles. The Kier molecular flexibility index (Phi) is 3.40. The molecule has 90 valence electrons. The normalized spacial score (nSPS) is 9.83. The molecule has 0 amide bonds. The second kappa shape index (κ2) is 4.99. The van der Waals surface area contributed by atoms with Crippen LogP contribution in [-0.2, 0) is 0 Å². The second-order valence-electron chi connectivity index (χ2n) is 3.90. The van der Waals surface area contributed by atoms with E-state index < -0.39 is 0 Å². The van der Waals surface area contributed by atoms with Gasteiger partial charge in [0.05, 0.1) is 11.3 Å². The van der Waals surface area contributed by atoms with Gasteiger partial charge < -0.3 is 10.5 Å². The lowest BCUT2D eigenvalue weighted by Crippen LogP contribution is -1.94. The highest BCUT2D eigenvalue weighted by molar-refractivity contribution is 6.30. The van der Waals surface area contributed by atoms with E-state index in [2.05, 4.69) is 6.07 Å². The van der Waals surface area contributed by atoms with Gasteiger partial charge >= 0.3 is 0 Å². The average molecular weight is 259 g/mol. The molecule has 0 aliphatic rings. The Balaban J connectivity index is 2.43. The predicted molar refractivity (Wildman–Crippen MR) is 71.8 cm³/mol. The van der Waals surface area contributed by atoms with Crippen LogP contribution in [0.15, 0.2) is 36.4 Å². The molecule has 2 rings (SSSR count). The Bertz CT molecular complexity index is 632. The van der Waals surface area contributed by atoms with Crippen molar-refractivity contribution in [1.82, 2.24) is 0 Å². The summed E-state index contributed by atoms with van der Waals surface area (Å²) in [6, 6.07) is 12.4. The first kappa shape index (κ1) is 12.3. The molecule has 4 heteroatoms. The van der Waals surface area contributed by atoms with Crippen LogP contribution in [-0.4, -0.2) is 0 Å². The Morgan fingerprint density at radius 2 is 1.94 bits per heavy atom. The van der Waals surface area contributed by atoms with Crippen molar-refractivity contribution in [2.24, 2.45) is 0 Å².